The molecule has 0 bridgehead atoms. The van der Waals surface area contributed by atoms with Crippen molar-refractivity contribution in [1.29, 1.82) is 5.26 Å². The van der Waals surface area contributed by atoms with Gasteiger partial charge in [0.05, 0.1) is 18.7 Å². The molecule has 28 heavy (non-hydrogen) atoms. The Morgan fingerprint density at radius 2 is 1.89 bits per heavy atom. The lowest BCUT2D eigenvalue weighted by atomic mass is 10.1. The molecular weight excluding hydrogens is 352 g/mol. The Morgan fingerprint density at radius 1 is 1.11 bits per heavy atom. The molecule has 0 saturated heterocycles. The highest BCUT2D eigenvalue weighted by atomic mass is 16.5. The summed E-state index contributed by atoms with van der Waals surface area (Å²) in [7, 11) is 1.63. The van der Waals surface area contributed by atoms with E-state index in [0.29, 0.717) is 24.2 Å². The Hall–Kier alpha value is -3.85. The summed E-state index contributed by atoms with van der Waals surface area (Å²) in [6.45, 7) is 0.509. The van der Waals surface area contributed by atoms with Gasteiger partial charge in [-0.15, -0.1) is 0 Å². The number of amides is 1. The molecule has 1 amide bonds. The van der Waals surface area contributed by atoms with E-state index in [1.54, 1.807) is 43.6 Å². The van der Waals surface area contributed by atoms with Crippen LogP contribution in [0.5, 0.6) is 5.75 Å². The van der Waals surface area contributed by atoms with Gasteiger partial charge in [-0.25, -0.2) is 0 Å². The number of aromatic nitrogens is 1. The number of methoxy groups -OCH3 is 1. The predicted molar refractivity (Wildman–Crippen MR) is 108 cm³/mol. The first-order chi connectivity index (χ1) is 13.7. The van der Waals surface area contributed by atoms with E-state index < -0.39 is 0 Å². The summed E-state index contributed by atoms with van der Waals surface area (Å²) >= 11 is 0. The lowest BCUT2D eigenvalue weighted by Crippen LogP contribution is -2.26. The van der Waals surface area contributed by atoms with Crippen LogP contribution in [0.1, 0.15) is 21.6 Å². The SMILES string of the molecule is COc1ccc(CCNC(=O)c2cc(Nc3cccc(C#N)c3)ccn2)cc1. The number of rotatable bonds is 7. The van der Waals surface area contributed by atoms with Crippen LogP contribution in [0.2, 0.25) is 0 Å². The van der Waals surface area contributed by atoms with Crippen LogP contribution in [0.3, 0.4) is 0 Å². The van der Waals surface area contributed by atoms with Crippen LogP contribution in [0.15, 0.2) is 66.9 Å². The Bertz CT molecular complexity index is 994. The van der Waals surface area contributed by atoms with Crippen LogP contribution in [-0.4, -0.2) is 24.5 Å². The van der Waals surface area contributed by atoms with E-state index >= 15 is 0 Å². The van der Waals surface area contributed by atoms with Gasteiger partial charge in [-0.3, -0.25) is 9.78 Å². The molecule has 0 saturated carbocycles. The summed E-state index contributed by atoms with van der Waals surface area (Å²) in [6.07, 6.45) is 2.30. The van der Waals surface area contributed by atoms with Crippen LogP contribution in [0.4, 0.5) is 11.4 Å². The molecule has 6 nitrogen and oxygen atoms in total. The third-order valence-electron chi connectivity index (χ3n) is 4.13. The Morgan fingerprint density at radius 3 is 2.64 bits per heavy atom. The summed E-state index contributed by atoms with van der Waals surface area (Å²) in [5, 5.41) is 15.1. The molecule has 1 aromatic heterocycles. The molecule has 0 fully saturated rings. The average molecular weight is 372 g/mol. The molecule has 0 aliphatic carbocycles. The number of nitrogens with one attached hydrogen (secondary N) is 2. The van der Waals surface area contributed by atoms with Gasteiger partial charge >= 0.3 is 0 Å². The second kappa shape index (κ2) is 9.19. The van der Waals surface area contributed by atoms with Crippen LogP contribution in [0.25, 0.3) is 0 Å². The van der Waals surface area contributed by atoms with Crippen molar-refractivity contribution in [3.05, 3.63) is 83.7 Å². The number of nitrogens with zero attached hydrogens (tertiary/aromatic N) is 2. The Labute approximate surface area is 163 Å². The van der Waals surface area contributed by atoms with Gasteiger partial charge in [0.1, 0.15) is 11.4 Å². The van der Waals surface area contributed by atoms with Gasteiger partial charge in [-0.1, -0.05) is 18.2 Å². The number of carbonyl (C=O) groups excluding carboxylic acids is 1. The number of hydrogen-bond acceptors (Lipinski definition) is 5. The monoisotopic (exact) mass is 372 g/mol. The van der Waals surface area contributed by atoms with E-state index in [1.807, 2.05) is 30.3 Å². The highest BCUT2D eigenvalue weighted by Crippen LogP contribution is 2.18. The van der Waals surface area contributed by atoms with Gasteiger partial charge in [0.2, 0.25) is 0 Å². The molecule has 140 valence electrons. The molecule has 0 unspecified atom stereocenters. The van der Waals surface area contributed by atoms with Crippen molar-refractivity contribution in [1.82, 2.24) is 10.3 Å². The first kappa shape index (κ1) is 18.9. The highest BCUT2D eigenvalue weighted by Gasteiger charge is 2.08. The lowest BCUT2D eigenvalue weighted by molar-refractivity contribution is 0.0949. The minimum atomic E-state index is -0.233. The maximum atomic E-state index is 12.4. The van der Waals surface area contributed by atoms with Crippen molar-refractivity contribution in [3.63, 3.8) is 0 Å². The number of carbonyl (C=O) groups is 1. The molecule has 6 heteroatoms. The molecule has 2 aromatic carbocycles. The van der Waals surface area contributed by atoms with Gasteiger partial charge in [0.25, 0.3) is 5.91 Å². The van der Waals surface area contributed by atoms with Crippen LogP contribution in [0, 0.1) is 11.3 Å². The standard InChI is InChI=1S/C22H20N4O2/c1-28-20-7-5-16(6-8-20)9-11-25-22(27)21-14-19(10-12-24-21)26-18-4-2-3-17(13-18)15-23/h2-8,10,12-14H,9,11H2,1H3,(H,24,26)(H,25,27). The van der Waals surface area contributed by atoms with E-state index in [-0.39, 0.29) is 5.91 Å². The fourth-order valence-electron chi connectivity index (χ4n) is 2.67. The van der Waals surface area contributed by atoms with Crippen LogP contribution < -0.4 is 15.4 Å². The van der Waals surface area contributed by atoms with Crippen molar-refractivity contribution in [2.75, 3.05) is 19.0 Å². The molecule has 0 aliphatic rings. The second-order valence-corrected chi connectivity index (χ2v) is 6.10. The summed E-state index contributed by atoms with van der Waals surface area (Å²) < 4.78 is 5.14. The molecule has 3 rings (SSSR count). The summed E-state index contributed by atoms with van der Waals surface area (Å²) in [5.41, 5.74) is 3.51. The summed E-state index contributed by atoms with van der Waals surface area (Å²) in [5.74, 6) is 0.574. The maximum Gasteiger partial charge on any atom is 0.269 e. The number of ether oxygens (including phenoxy) is 1. The molecule has 0 radical (unpaired) electrons. The first-order valence-corrected chi connectivity index (χ1v) is 8.82. The molecule has 3 aromatic rings. The molecule has 0 spiro atoms. The zero-order valence-corrected chi connectivity index (χ0v) is 15.5. The fourth-order valence-corrected chi connectivity index (χ4v) is 2.67. The molecule has 0 atom stereocenters. The third-order valence-corrected chi connectivity index (χ3v) is 4.13. The van der Waals surface area contributed by atoms with E-state index in [1.165, 1.54) is 0 Å². The smallest absolute Gasteiger partial charge is 0.269 e. The van der Waals surface area contributed by atoms with Crippen molar-refractivity contribution < 1.29 is 9.53 Å². The molecular formula is C22H20N4O2. The summed E-state index contributed by atoms with van der Waals surface area (Å²) in [6, 6.07) is 20.4. The third kappa shape index (κ3) is 5.08. The lowest BCUT2D eigenvalue weighted by Gasteiger charge is -2.09. The molecule has 2 N–H and O–H groups in total. The van der Waals surface area contributed by atoms with Crippen molar-refractivity contribution in [3.8, 4) is 11.8 Å². The number of pyridine rings is 1. The zero-order valence-electron chi connectivity index (χ0n) is 15.5. The normalized spacial score (nSPS) is 10.0. The Balaban J connectivity index is 1.57. The van der Waals surface area contributed by atoms with E-state index in [9.17, 15) is 4.79 Å². The van der Waals surface area contributed by atoms with Crippen molar-refractivity contribution in [2.24, 2.45) is 0 Å². The van der Waals surface area contributed by atoms with Gasteiger partial charge in [-0.05, 0) is 54.4 Å². The zero-order chi connectivity index (χ0) is 19.8. The first-order valence-electron chi connectivity index (χ1n) is 8.82. The number of benzene rings is 2. The van der Waals surface area contributed by atoms with E-state index in [4.69, 9.17) is 10.00 Å². The maximum absolute atomic E-state index is 12.4. The minimum absolute atomic E-state index is 0.233. The van der Waals surface area contributed by atoms with Crippen LogP contribution >= 0.6 is 0 Å². The highest BCUT2D eigenvalue weighted by molar-refractivity contribution is 5.93. The van der Waals surface area contributed by atoms with Gasteiger partial charge in [0.15, 0.2) is 0 Å². The largest absolute Gasteiger partial charge is 0.497 e. The number of anilines is 2. The topological polar surface area (TPSA) is 87.0 Å². The van der Waals surface area contributed by atoms with Gasteiger partial charge in [0, 0.05) is 24.1 Å². The minimum Gasteiger partial charge on any atom is -0.497 e. The quantitative estimate of drug-likeness (QED) is 0.661. The number of hydrogen-bond donors (Lipinski definition) is 2. The Kier molecular flexibility index (Phi) is 6.21. The average Bonchev–Trinajstić information content (AvgIpc) is 2.74. The van der Waals surface area contributed by atoms with Crippen LogP contribution in [-0.2, 0) is 6.42 Å². The van der Waals surface area contributed by atoms with Crippen molar-refractivity contribution in [2.45, 2.75) is 6.42 Å². The molecule has 0 aliphatic heterocycles. The van der Waals surface area contributed by atoms with Gasteiger partial charge < -0.3 is 15.4 Å². The van der Waals surface area contributed by atoms with E-state index in [0.717, 1.165) is 22.7 Å². The number of nitriles is 1. The second-order valence-electron chi connectivity index (χ2n) is 6.10. The summed E-state index contributed by atoms with van der Waals surface area (Å²) in [4.78, 5) is 16.5. The molecule has 1 heterocycles. The predicted octanol–water partition coefficient (Wildman–Crippen LogP) is 3.68. The van der Waals surface area contributed by atoms with E-state index in [2.05, 4.69) is 21.7 Å². The fraction of sp³-hybridized carbons (Fsp3) is 0.136. The van der Waals surface area contributed by atoms with Gasteiger partial charge in [-0.2, -0.15) is 5.26 Å². The van der Waals surface area contributed by atoms with Crippen molar-refractivity contribution >= 4 is 17.3 Å².